The second-order valence-corrected chi connectivity index (χ2v) is 10.1. The maximum atomic E-state index is 13.5. The fourth-order valence-corrected chi connectivity index (χ4v) is 5.31. The molecule has 0 spiro atoms. The third-order valence-electron chi connectivity index (χ3n) is 7.09. The lowest BCUT2D eigenvalue weighted by Crippen LogP contribution is -2.38. The molecule has 0 saturated carbocycles. The Morgan fingerprint density at radius 2 is 1.61 bits per heavy atom. The number of methoxy groups -OCH3 is 1. The highest BCUT2D eigenvalue weighted by Gasteiger charge is 2.38. The molecule has 2 atom stereocenters. The Morgan fingerprint density at radius 3 is 2.32 bits per heavy atom. The van der Waals surface area contributed by atoms with Crippen molar-refractivity contribution in [2.24, 2.45) is 0 Å². The summed E-state index contributed by atoms with van der Waals surface area (Å²) in [7, 11) is 1.61. The summed E-state index contributed by atoms with van der Waals surface area (Å²) in [6, 6.07) is 23.6. The van der Waals surface area contributed by atoms with E-state index in [1.54, 1.807) is 7.11 Å². The predicted octanol–water partition coefficient (Wildman–Crippen LogP) is 6.07. The molecular formula is C32H33NO5. The molecule has 5 rings (SSSR count). The molecule has 6 heteroatoms. The Balaban J connectivity index is 1.35. The Labute approximate surface area is 223 Å². The maximum absolute atomic E-state index is 13.5. The molecule has 1 heterocycles. The van der Waals surface area contributed by atoms with Gasteiger partial charge in [0, 0.05) is 30.0 Å². The van der Waals surface area contributed by atoms with Crippen molar-refractivity contribution in [1.29, 1.82) is 0 Å². The van der Waals surface area contributed by atoms with E-state index in [-0.39, 0.29) is 36.1 Å². The lowest BCUT2D eigenvalue weighted by molar-refractivity contribution is -0.122. The van der Waals surface area contributed by atoms with Gasteiger partial charge in [0.2, 0.25) is 5.91 Å². The Morgan fingerprint density at radius 1 is 0.868 bits per heavy atom. The van der Waals surface area contributed by atoms with Crippen LogP contribution in [0.25, 0.3) is 0 Å². The van der Waals surface area contributed by atoms with E-state index in [0.717, 1.165) is 33.7 Å². The minimum atomic E-state index is -0.258. The van der Waals surface area contributed by atoms with Crippen molar-refractivity contribution in [3.05, 3.63) is 101 Å². The fraction of sp³-hybridized carbons (Fsp3) is 0.312. The van der Waals surface area contributed by atoms with Crippen LogP contribution in [0.4, 0.5) is 0 Å². The normalized spacial score (nSPS) is 19.2. The van der Waals surface area contributed by atoms with Gasteiger partial charge >= 0.3 is 0 Å². The number of carbonyl (C=O) groups is 2. The second-order valence-electron chi connectivity index (χ2n) is 10.1. The summed E-state index contributed by atoms with van der Waals surface area (Å²) >= 11 is 0. The van der Waals surface area contributed by atoms with Crippen LogP contribution >= 0.6 is 0 Å². The standard InChI is InChI=1S/C32H33NO5/c1-20(2)38-29-14-11-23(17-30(29)36-3)24-15-27-32(28(34)16-24)26(18-31(35)33-27)22-9-12-25(13-10-22)37-19-21-7-5-4-6-8-21/h4-14,17,20,24,26H,15-16,18-19H2,1-3H3,(H,33,35). The summed E-state index contributed by atoms with van der Waals surface area (Å²) in [5.74, 6) is 1.78. The van der Waals surface area contributed by atoms with Gasteiger partial charge in [-0.3, -0.25) is 9.59 Å². The molecule has 3 aromatic rings. The highest BCUT2D eigenvalue weighted by molar-refractivity contribution is 6.02. The number of carbonyl (C=O) groups excluding carboxylic acids is 2. The van der Waals surface area contributed by atoms with Gasteiger partial charge in [0.05, 0.1) is 13.2 Å². The van der Waals surface area contributed by atoms with Gasteiger partial charge in [-0.1, -0.05) is 48.5 Å². The first-order chi connectivity index (χ1) is 18.4. The zero-order chi connectivity index (χ0) is 26.6. The summed E-state index contributed by atoms with van der Waals surface area (Å²) in [4.78, 5) is 26.2. The lowest BCUT2D eigenvalue weighted by atomic mass is 9.73. The van der Waals surface area contributed by atoms with Crippen LogP contribution in [0.5, 0.6) is 17.2 Å². The van der Waals surface area contributed by atoms with Crippen LogP contribution in [0, 0.1) is 0 Å². The number of ether oxygens (including phenoxy) is 3. The van der Waals surface area contributed by atoms with Crippen molar-refractivity contribution in [3.8, 4) is 17.2 Å². The highest BCUT2D eigenvalue weighted by Crippen LogP contribution is 2.44. The average Bonchev–Trinajstić information content (AvgIpc) is 2.92. The molecule has 196 valence electrons. The van der Waals surface area contributed by atoms with Gasteiger partial charge in [0.1, 0.15) is 12.4 Å². The van der Waals surface area contributed by atoms with E-state index in [9.17, 15) is 9.59 Å². The molecule has 38 heavy (non-hydrogen) atoms. The molecule has 0 aromatic heterocycles. The number of ketones is 1. The van der Waals surface area contributed by atoms with Crippen molar-refractivity contribution in [3.63, 3.8) is 0 Å². The molecule has 1 amide bonds. The quantitative estimate of drug-likeness (QED) is 0.398. The fourth-order valence-electron chi connectivity index (χ4n) is 5.31. The van der Waals surface area contributed by atoms with Gasteiger partial charge in [0.25, 0.3) is 0 Å². The maximum Gasteiger partial charge on any atom is 0.225 e. The summed E-state index contributed by atoms with van der Waals surface area (Å²) in [6.07, 6.45) is 1.26. The van der Waals surface area contributed by atoms with Crippen LogP contribution in [0.1, 0.15) is 61.6 Å². The van der Waals surface area contributed by atoms with E-state index in [0.29, 0.717) is 30.9 Å². The van der Waals surface area contributed by atoms with Crippen LogP contribution in [-0.4, -0.2) is 24.9 Å². The summed E-state index contributed by atoms with van der Waals surface area (Å²) in [5, 5.41) is 3.00. The summed E-state index contributed by atoms with van der Waals surface area (Å²) < 4.78 is 17.3. The number of benzene rings is 3. The van der Waals surface area contributed by atoms with E-state index < -0.39 is 0 Å². The van der Waals surface area contributed by atoms with Crippen LogP contribution in [-0.2, 0) is 16.2 Å². The van der Waals surface area contributed by atoms with Crippen molar-refractivity contribution in [2.75, 3.05) is 7.11 Å². The number of allylic oxidation sites excluding steroid dienone is 2. The summed E-state index contributed by atoms with van der Waals surface area (Å²) in [6.45, 7) is 4.42. The molecule has 2 unspecified atom stereocenters. The van der Waals surface area contributed by atoms with Gasteiger partial charge in [-0.05, 0) is 67.1 Å². The van der Waals surface area contributed by atoms with Crippen molar-refractivity contribution >= 4 is 11.7 Å². The van der Waals surface area contributed by atoms with Crippen LogP contribution in [0.3, 0.4) is 0 Å². The van der Waals surface area contributed by atoms with E-state index in [1.807, 2.05) is 86.6 Å². The monoisotopic (exact) mass is 511 g/mol. The first-order valence-corrected chi connectivity index (χ1v) is 13.1. The molecular weight excluding hydrogens is 478 g/mol. The van der Waals surface area contributed by atoms with Crippen LogP contribution in [0.15, 0.2) is 84.1 Å². The van der Waals surface area contributed by atoms with E-state index >= 15 is 0 Å². The number of hydrogen-bond donors (Lipinski definition) is 1. The number of Topliss-reactive ketones (excluding diaryl/α,β-unsaturated/α-hetero) is 1. The highest BCUT2D eigenvalue weighted by atomic mass is 16.5. The molecule has 0 bridgehead atoms. The Bertz CT molecular complexity index is 1340. The first-order valence-electron chi connectivity index (χ1n) is 13.1. The van der Waals surface area contributed by atoms with Gasteiger partial charge in [-0.25, -0.2) is 0 Å². The molecule has 1 aliphatic carbocycles. The SMILES string of the molecule is COc1cc(C2CC(=O)C3=C(C2)NC(=O)CC3c2ccc(OCc3ccccc3)cc2)ccc1OC(C)C. The third-order valence-corrected chi connectivity index (χ3v) is 7.09. The minimum absolute atomic E-state index is 0.0256. The van der Waals surface area contributed by atoms with Gasteiger partial charge in [-0.2, -0.15) is 0 Å². The van der Waals surface area contributed by atoms with Crippen LogP contribution in [0.2, 0.25) is 0 Å². The van der Waals surface area contributed by atoms with Crippen molar-refractivity contribution in [2.45, 2.75) is 57.7 Å². The molecule has 1 aliphatic heterocycles. The number of hydrogen-bond acceptors (Lipinski definition) is 5. The number of nitrogens with one attached hydrogen (secondary N) is 1. The summed E-state index contributed by atoms with van der Waals surface area (Å²) in [5.41, 5.74) is 4.50. The lowest BCUT2D eigenvalue weighted by Gasteiger charge is -2.34. The number of rotatable bonds is 8. The smallest absolute Gasteiger partial charge is 0.225 e. The van der Waals surface area contributed by atoms with Gasteiger partial charge in [-0.15, -0.1) is 0 Å². The van der Waals surface area contributed by atoms with Crippen LogP contribution < -0.4 is 19.5 Å². The van der Waals surface area contributed by atoms with Crippen molar-refractivity contribution < 1.29 is 23.8 Å². The average molecular weight is 512 g/mol. The zero-order valence-corrected chi connectivity index (χ0v) is 22.0. The van der Waals surface area contributed by atoms with Gasteiger partial charge < -0.3 is 19.5 Å². The molecule has 1 N–H and O–H groups in total. The van der Waals surface area contributed by atoms with Crippen molar-refractivity contribution in [1.82, 2.24) is 5.32 Å². The molecule has 6 nitrogen and oxygen atoms in total. The third kappa shape index (κ3) is 5.59. The van der Waals surface area contributed by atoms with Gasteiger partial charge in [0.15, 0.2) is 17.3 Å². The predicted molar refractivity (Wildman–Crippen MR) is 145 cm³/mol. The van der Waals surface area contributed by atoms with E-state index in [4.69, 9.17) is 14.2 Å². The largest absolute Gasteiger partial charge is 0.493 e. The Hall–Kier alpha value is -4.06. The molecule has 0 fully saturated rings. The minimum Gasteiger partial charge on any atom is -0.493 e. The number of amides is 1. The molecule has 2 aliphatic rings. The molecule has 0 saturated heterocycles. The zero-order valence-electron chi connectivity index (χ0n) is 22.0. The second kappa shape index (κ2) is 11.1. The topological polar surface area (TPSA) is 73.9 Å². The first kappa shape index (κ1) is 25.6. The van der Waals surface area contributed by atoms with E-state index in [1.165, 1.54) is 0 Å². The Kier molecular flexibility index (Phi) is 7.50. The molecule has 3 aromatic carbocycles. The van der Waals surface area contributed by atoms with E-state index in [2.05, 4.69) is 5.32 Å². The molecule has 0 radical (unpaired) electrons.